The zero-order valence-corrected chi connectivity index (χ0v) is 15.6. The SMILES string of the molecule is Cc1ccc(NC(=O)c2cnc(N3CCCc4ccccc43)nc2)c(C)c1. The first kappa shape index (κ1) is 17.2. The normalized spacial score (nSPS) is 13.2. The number of fused-ring (bicyclic) bond motifs is 1. The van der Waals surface area contributed by atoms with Crippen LogP contribution in [0.1, 0.15) is 33.5 Å². The zero-order chi connectivity index (χ0) is 18.8. The Morgan fingerprint density at radius 3 is 2.63 bits per heavy atom. The molecular weight excluding hydrogens is 336 g/mol. The number of aryl methyl sites for hydroxylation is 3. The van der Waals surface area contributed by atoms with E-state index in [-0.39, 0.29) is 5.91 Å². The Hall–Kier alpha value is -3.21. The van der Waals surface area contributed by atoms with E-state index in [2.05, 4.69) is 38.4 Å². The molecule has 4 rings (SSSR count). The van der Waals surface area contributed by atoms with Crippen LogP contribution >= 0.6 is 0 Å². The molecule has 1 N–H and O–H groups in total. The fourth-order valence-electron chi connectivity index (χ4n) is 3.47. The molecule has 0 saturated carbocycles. The van der Waals surface area contributed by atoms with Crippen LogP contribution in [0.3, 0.4) is 0 Å². The second kappa shape index (κ2) is 7.19. The Balaban J connectivity index is 1.53. The fraction of sp³-hybridized carbons (Fsp3) is 0.227. The minimum absolute atomic E-state index is 0.201. The van der Waals surface area contributed by atoms with Crippen LogP contribution in [0.25, 0.3) is 0 Å². The van der Waals surface area contributed by atoms with Crippen LogP contribution in [-0.4, -0.2) is 22.4 Å². The number of hydrogen-bond acceptors (Lipinski definition) is 4. The summed E-state index contributed by atoms with van der Waals surface area (Å²) >= 11 is 0. The second-order valence-electron chi connectivity index (χ2n) is 6.93. The van der Waals surface area contributed by atoms with Crippen LogP contribution in [0.15, 0.2) is 54.9 Å². The first-order valence-corrected chi connectivity index (χ1v) is 9.18. The molecule has 5 heteroatoms. The van der Waals surface area contributed by atoms with E-state index >= 15 is 0 Å². The third-order valence-electron chi connectivity index (χ3n) is 4.88. The number of benzene rings is 2. The van der Waals surface area contributed by atoms with Crippen molar-refractivity contribution >= 4 is 23.2 Å². The number of carbonyl (C=O) groups is 1. The summed E-state index contributed by atoms with van der Waals surface area (Å²) in [7, 11) is 0. The molecule has 0 aliphatic carbocycles. The molecule has 5 nitrogen and oxygen atoms in total. The fourth-order valence-corrected chi connectivity index (χ4v) is 3.47. The van der Waals surface area contributed by atoms with Crippen molar-refractivity contribution in [2.75, 3.05) is 16.8 Å². The molecule has 1 aliphatic heterocycles. The van der Waals surface area contributed by atoms with Crippen molar-refractivity contribution in [3.63, 3.8) is 0 Å². The summed E-state index contributed by atoms with van der Waals surface area (Å²) in [5.74, 6) is 0.428. The Labute approximate surface area is 159 Å². The van der Waals surface area contributed by atoms with Gasteiger partial charge in [-0.25, -0.2) is 9.97 Å². The van der Waals surface area contributed by atoms with Crippen molar-refractivity contribution in [3.8, 4) is 0 Å². The molecule has 1 aliphatic rings. The number of anilines is 3. The number of aromatic nitrogens is 2. The molecule has 0 unspecified atom stereocenters. The van der Waals surface area contributed by atoms with Gasteiger partial charge in [-0.2, -0.15) is 0 Å². The minimum Gasteiger partial charge on any atom is -0.322 e. The highest BCUT2D eigenvalue weighted by Crippen LogP contribution is 2.31. The number of nitrogens with one attached hydrogen (secondary N) is 1. The average molecular weight is 358 g/mol. The summed E-state index contributed by atoms with van der Waals surface area (Å²) in [6, 6.07) is 14.3. The standard InChI is InChI=1S/C22H22N4O/c1-15-9-10-19(16(2)12-15)25-21(27)18-13-23-22(24-14-18)26-11-5-7-17-6-3-4-8-20(17)26/h3-4,6,8-10,12-14H,5,7,11H2,1-2H3,(H,25,27). The third-order valence-corrected chi connectivity index (χ3v) is 4.88. The van der Waals surface area contributed by atoms with Crippen molar-refractivity contribution in [1.29, 1.82) is 0 Å². The first-order valence-electron chi connectivity index (χ1n) is 9.18. The van der Waals surface area contributed by atoms with Gasteiger partial charge in [0.2, 0.25) is 5.95 Å². The van der Waals surface area contributed by atoms with Gasteiger partial charge in [-0.3, -0.25) is 4.79 Å². The summed E-state index contributed by atoms with van der Waals surface area (Å²) in [4.78, 5) is 23.6. The van der Waals surface area contributed by atoms with E-state index in [4.69, 9.17) is 0 Å². The van der Waals surface area contributed by atoms with Gasteiger partial charge >= 0.3 is 0 Å². The lowest BCUT2D eigenvalue weighted by Gasteiger charge is -2.29. The maximum atomic E-state index is 12.5. The highest BCUT2D eigenvalue weighted by atomic mass is 16.1. The van der Waals surface area contributed by atoms with Crippen LogP contribution in [0.4, 0.5) is 17.3 Å². The lowest BCUT2D eigenvalue weighted by Crippen LogP contribution is -2.26. The van der Waals surface area contributed by atoms with E-state index in [0.717, 1.165) is 36.3 Å². The molecule has 0 bridgehead atoms. The third kappa shape index (κ3) is 3.53. The van der Waals surface area contributed by atoms with Gasteiger partial charge in [-0.1, -0.05) is 35.9 Å². The van der Waals surface area contributed by atoms with E-state index in [1.54, 1.807) is 12.4 Å². The van der Waals surface area contributed by atoms with Crippen LogP contribution < -0.4 is 10.2 Å². The summed E-state index contributed by atoms with van der Waals surface area (Å²) in [5, 5.41) is 2.94. The molecule has 3 aromatic rings. The molecule has 0 spiro atoms. The number of rotatable bonds is 3. The van der Waals surface area contributed by atoms with Gasteiger partial charge in [0.25, 0.3) is 5.91 Å². The molecule has 1 aromatic heterocycles. The molecule has 136 valence electrons. The average Bonchev–Trinajstić information content (AvgIpc) is 2.70. The van der Waals surface area contributed by atoms with Gasteiger partial charge in [0.1, 0.15) is 0 Å². The first-order chi connectivity index (χ1) is 13.1. The number of carbonyl (C=O) groups excluding carboxylic acids is 1. The molecule has 0 saturated heterocycles. The van der Waals surface area contributed by atoms with Gasteiger partial charge in [-0.15, -0.1) is 0 Å². The minimum atomic E-state index is -0.201. The van der Waals surface area contributed by atoms with Gasteiger partial charge in [0.15, 0.2) is 0 Å². The van der Waals surface area contributed by atoms with Crippen molar-refractivity contribution in [2.45, 2.75) is 26.7 Å². The second-order valence-corrected chi connectivity index (χ2v) is 6.93. The molecule has 27 heavy (non-hydrogen) atoms. The van der Waals surface area contributed by atoms with Crippen LogP contribution in [0.5, 0.6) is 0 Å². The monoisotopic (exact) mass is 358 g/mol. The van der Waals surface area contributed by atoms with Crippen molar-refractivity contribution in [1.82, 2.24) is 9.97 Å². The lowest BCUT2D eigenvalue weighted by atomic mass is 10.0. The quantitative estimate of drug-likeness (QED) is 0.752. The molecular formula is C22H22N4O. The smallest absolute Gasteiger partial charge is 0.258 e. The van der Waals surface area contributed by atoms with Crippen LogP contribution in [0.2, 0.25) is 0 Å². The summed E-state index contributed by atoms with van der Waals surface area (Å²) < 4.78 is 0. The maximum Gasteiger partial charge on any atom is 0.258 e. The number of hydrogen-bond donors (Lipinski definition) is 1. The van der Waals surface area contributed by atoms with Crippen molar-refractivity contribution in [3.05, 3.63) is 77.1 Å². The molecule has 0 atom stereocenters. The van der Waals surface area contributed by atoms with Crippen molar-refractivity contribution in [2.24, 2.45) is 0 Å². The highest BCUT2D eigenvalue weighted by Gasteiger charge is 2.20. The van der Waals surface area contributed by atoms with Gasteiger partial charge < -0.3 is 10.2 Å². The molecule has 2 heterocycles. The Bertz CT molecular complexity index is 982. The summed E-state index contributed by atoms with van der Waals surface area (Å²) in [6.45, 7) is 4.89. The van der Waals surface area contributed by atoms with E-state index in [9.17, 15) is 4.79 Å². The predicted octanol–water partition coefficient (Wildman–Crippen LogP) is 4.43. The van der Waals surface area contributed by atoms with Gasteiger partial charge in [-0.05, 0) is 49.9 Å². The van der Waals surface area contributed by atoms with E-state index in [1.165, 1.54) is 11.1 Å². The van der Waals surface area contributed by atoms with Crippen LogP contribution in [0, 0.1) is 13.8 Å². The van der Waals surface area contributed by atoms with Crippen molar-refractivity contribution < 1.29 is 4.79 Å². The van der Waals surface area contributed by atoms with E-state index < -0.39 is 0 Å². The summed E-state index contributed by atoms with van der Waals surface area (Å²) in [5.41, 5.74) is 5.91. The maximum absolute atomic E-state index is 12.5. The van der Waals surface area contributed by atoms with E-state index in [0.29, 0.717) is 11.5 Å². The molecule has 1 amide bonds. The largest absolute Gasteiger partial charge is 0.322 e. The number of para-hydroxylation sites is 1. The molecule has 2 aromatic carbocycles. The summed E-state index contributed by atoms with van der Waals surface area (Å²) in [6.07, 6.45) is 5.33. The highest BCUT2D eigenvalue weighted by molar-refractivity contribution is 6.04. The Morgan fingerprint density at radius 2 is 1.85 bits per heavy atom. The van der Waals surface area contributed by atoms with Gasteiger partial charge in [0, 0.05) is 30.3 Å². The number of amides is 1. The van der Waals surface area contributed by atoms with Crippen LogP contribution in [-0.2, 0) is 6.42 Å². The zero-order valence-electron chi connectivity index (χ0n) is 15.6. The van der Waals surface area contributed by atoms with E-state index in [1.807, 2.05) is 38.1 Å². The van der Waals surface area contributed by atoms with Gasteiger partial charge in [0.05, 0.1) is 5.56 Å². The topological polar surface area (TPSA) is 58.1 Å². The molecule has 0 fully saturated rings. The Morgan fingerprint density at radius 1 is 1.07 bits per heavy atom. The molecule has 0 radical (unpaired) electrons. The predicted molar refractivity (Wildman–Crippen MR) is 108 cm³/mol. The Kier molecular flexibility index (Phi) is 4.59. The lowest BCUT2D eigenvalue weighted by molar-refractivity contribution is 0.102. The number of nitrogens with zero attached hydrogens (tertiary/aromatic N) is 3.